The van der Waals surface area contributed by atoms with Gasteiger partial charge in [-0.15, -0.1) is 0 Å². The van der Waals surface area contributed by atoms with Crippen molar-refractivity contribution >= 4 is 12.0 Å². The van der Waals surface area contributed by atoms with Gasteiger partial charge in [0, 0.05) is 11.6 Å². The van der Waals surface area contributed by atoms with Gasteiger partial charge in [-0.3, -0.25) is 4.79 Å². The Kier molecular flexibility index (Phi) is 5.17. The molecule has 0 heterocycles. The van der Waals surface area contributed by atoms with Crippen LogP contribution < -0.4 is 5.32 Å². The van der Waals surface area contributed by atoms with Crippen LogP contribution in [0.3, 0.4) is 0 Å². The number of urea groups is 1. The summed E-state index contributed by atoms with van der Waals surface area (Å²) in [5.74, 6) is -1.02. The van der Waals surface area contributed by atoms with Gasteiger partial charge in [0.15, 0.2) is 0 Å². The Morgan fingerprint density at radius 3 is 2.16 bits per heavy atom. The summed E-state index contributed by atoms with van der Waals surface area (Å²) in [6.07, 6.45) is 2.56. The second-order valence-corrected chi connectivity index (χ2v) is 6.11. The van der Waals surface area contributed by atoms with E-state index in [-0.39, 0.29) is 24.7 Å². The summed E-state index contributed by atoms with van der Waals surface area (Å²) in [4.78, 5) is 24.3. The third kappa shape index (κ3) is 5.06. The summed E-state index contributed by atoms with van der Waals surface area (Å²) < 4.78 is 0. The minimum atomic E-state index is -1.02. The first-order chi connectivity index (χ1) is 8.70. The SMILES string of the molecule is CC(C)(C)N(CC(=O)O)C(=O)NC1CCC(O)CC1. The number of hydrogen-bond donors (Lipinski definition) is 3. The van der Waals surface area contributed by atoms with Crippen molar-refractivity contribution in [3.05, 3.63) is 0 Å². The highest BCUT2D eigenvalue weighted by atomic mass is 16.4. The number of aliphatic hydroxyl groups is 1. The highest BCUT2D eigenvalue weighted by molar-refractivity contribution is 5.81. The molecule has 6 nitrogen and oxygen atoms in total. The van der Waals surface area contributed by atoms with E-state index in [1.165, 1.54) is 4.90 Å². The van der Waals surface area contributed by atoms with Gasteiger partial charge in [-0.05, 0) is 46.5 Å². The largest absolute Gasteiger partial charge is 0.480 e. The zero-order valence-corrected chi connectivity index (χ0v) is 11.8. The number of carbonyl (C=O) groups excluding carboxylic acids is 1. The molecule has 110 valence electrons. The van der Waals surface area contributed by atoms with Gasteiger partial charge in [0.2, 0.25) is 0 Å². The Balaban J connectivity index is 2.59. The molecule has 3 N–H and O–H groups in total. The fourth-order valence-electron chi connectivity index (χ4n) is 2.22. The molecule has 0 aromatic carbocycles. The van der Waals surface area contributed by atoms with Crippen LogP contribution in [0.4, 0.5) is 4.79 Å². The zero-order valence-electron chi connectivity index (χ0n) is 11.8. The first-order valence-electron chi connectivity index (χ1n) is 6.68. The Morgan fingerprint density at radius 2 is 1.74 bits per heavy atom. The van der Waals surface area contributed by atoms with E-state index in [1.54, 1.807) is 20.8 Å². The quantitative estimate of drug-likeness (QED) is 0.719. The Hall–Kier alpha value is -1.30. The molecule has 0 atom stereocenters. The fourth-order valence-corrected chi connectivity index (χ4v) is 2.22. The van der Waals surface area contributed by atoms with Crippen LogP contribution in [0, 0.1) is 0 Å². The molecule has 0 unspecified atom stereocenters. The number of nitrogens with one attached hydrogen (secondary N) is 1. The van der Waals surface area contributed by atoms with Gasteiger partial charge in [0.1, 0.15) is 6.54 Å². The van der Waals surface area contributed by atoms with E-state index in [0.717, 1.165) is 12.8 Å². The first-order valence-corrected chi connectivity index (χ1v) is 6.68. The van der Waals surface area contributed by atoms with Gasteiger partial charge < -0.3 is 20.4 Å². The van der Waals surface area contributed by atoms with Gasteiger partial charge in [-0.1, -0.05) is 0 Å². The molecule has 0 spiro atoms. The minimum Gasteiger partial charge on any atom is -0.480 e. The number of aliphatic hydroxyl groups excluding tert-OH is 1. The maximum Gasteiger partial charge on any atom is 0.323 e. The van der Waals surface area contributed by atoms with Crippen molar-refractivity contribution in [2.24, 2.45) is 0 Å². The van der Waals surface area contributed by atoms with Gasteiger partial charge in [-0.25, -0.2) is 4.79 Å². The highest BCUT2D eigenvalue weighted by Gasteiger charge is 2.30. The number of nitrogens with zero attached hydrogens (tertiary/aromatic N) is 1. The average molecular weight is 272 g/mol. The standard InChI is InChI=1S/C13H24N2O4/c1-13(2,3)15(8-11(17)18)12(19)14-9-4-6-10(16)7-5-9/h9-10,16H,4-8H2,1-3H3,(H,14,19)(H,17,18). The first kappa shape index (κ1) is 15.8. The van der Waals surface area contributed by atoms with E-state index in [9.17, 15) is 14.7 Å². The van der Waals surface area contributed by atoms with Crippen LogP contribution in [0.15, 0.2) is 0 Å². The molecule has 1 rings (SSSR count). The van der Waals surface area contributed by atoms with Crippen LogP contribution >= 0.6 is 0 Å². The predicted octanol–water partition coefficient (Wildman–Crippen LogP) is 1.18. The molecular formula is C13H24N2O4. The van der Waals surface area contributed by atoms with Crippen LogP contribution in [0.1, 0.15) is 46.5 Å². The molecule has 6 heteroatoms. The van der Waals surface area contributed by atoms with Crippen molar-refractivity contribution in [3.8, 4) is 0 Å². The lowest BCUT2D eigenvalue weighted by molar-refractivity contribution is -0.138. The summed E-state index contributed by atoms with van der Waals surface area (Å²) in [5.41, 5.74) is -0.545. The van der Waals surface area contributed by atoms with Crippen molar-refractivity contribution in [1.29, 1.82) is 0 Å². The molecule has 0 aromatic rings. The maximum atomic E-state index is 12.2. The van der Waals surface area contributed by atoms with Crippen LogP contribution in [-0.2, 0) is 4.79 Å². The second kappa shape index (κ2) is 6.23. The molecule has 0 radical (unpaired) electrons. The van der Waals surface area contributed by atoms with E-state index < -0.39 is 11.5 Å². The number of carboxylic acids is 1. The molecule has 1 aliphatic carbocycles. The zero-order chi connectivity index (χ0) is 14.6. The third-order valence-corrected chi connectivity index (χ3v) is 3.37. The molecule has 1 aliphatic rings. The summed E-state index contributed by atoms with van der Waals surface area (Å²) in [7, 11) is 0. The molecule has 0 saturated heterocycles. The lowest BCUT2D eigenvalue weighted by Crippen LogP contribution is -2.54. The molecule has 0 bridgehead atoms. The van der Waals surface area contributed by atoms with E-state index in [2.05, 4.69) is 5.32 Å². The van der Waals surface area contributed by atoms with E-state index in [4.69, 9.17) is 5.11 Å². The Morgan fingerprint density at radius 1 is 1.21 bits per heavy atom. The van der Waals surface area contributed by atoms with Crippen molar-refractivity contribution in [2.45, 2.75) is 64.1 Å². The minimum absolute atomic E-state index is 0.0227. The Bertz CT molecular complexity index is 330. The summed E-state index contributed by atoms with van der Waals surface area (Å²) in [6.45, 7) is 5.10. The monoisotopic (exact) mass is 272 g/mol. The van der Waals surface area contributed by atoms with Crippen molar-refractivity contribution < 1.29 is 19.8 Å². The molecule has 0 aliphatic heterocycles. The number of aliphatic carboxylic acids is 1. The number of rotatable bonds is 3. The summed E-state index contributed by atoms with van der Waals surface area (Å²) in [6, 6.07) is -0.328. The summed E-state index contributed by atoms with van der Waals surface area (Å²) >= 11 is 0. The molecule has 19 heavy (non-hydrogen) atoms. The van der Waals surface area contributed by atoms with Gasteiger partial charge >= 0.3 is 12.0 Å². The third-order valence-electron chi connectivity index (χ3n) is 3.37. The van der Waals surface area contributed by atoms with Crippen molar-refractivity contribution in [2.75, 3.05) is 6.54 Å². The van der Waals surface area contributed by atoms with Crippen LogP contribution in [-0.4, -0.2) is 51.3 Å². The van der Waals surface area contributed by atoms with E-state index in [1.807, 2.05) is 0 Å². The maximum absolute atomic E-state index is 12.2. The molecule has 1 fully saturated rings. The molecule has 1 saturated carbocycles. The average Bonchev–Trinajstić information content (AvgIpc) is 2.27. The molecular weight excluding hydrogens is 248 g/mol. The smallest absolute Gasteiger partial charge is 0.323 e. The topological polar surface area (TPSA) is 89.9 Å². The van der Waals surface area contributed by atoms with Crippen LogP contribution in [0.25, 0.3) is 0 Å². The number of amides is 2. The molecule has 0 aromatic heterocycles. The van der Waals surface area contributed by atoms with E-state index in [0.29, 0.717) is 12.8 Å². The lowest BCUT2D eigenvalue weighted by atomic mass is 9.93. The van der Waals surface area contributed by atoms with Crippen LogP contribution in [0.5, 0.6) is 0 Å². The van der Waals surface area contributed by atoms with E-state index >= 15 is 0 Å². The fraction of sp³-hybridized carbons (Fsp3) is 0.846. The lowest BCUT2D eigenvalue weighted by Gasteiger charge is -2.36. The normalized spacial score (nSPS) is 23.8. The van der Waals surface area contributed by atoms with Gasteiger partial charge in [0.05, 0.1) is 6.10 Å². The number of hydrogen-bond acceptors (Lipinski definition) is 3. The Labute approximate surface area is 113 Å². The number of carboxylic acid groups (broad SMARTS) is 1. The van der Waals surface area contributed by atoms with Crippen molar-refractivity contribution in [3.63, 3.8) is 0 Å². The predicted molar refractivity (Wildman–Crippen MR) is 70.9 cm³/mol. The van der Waals surface area contributed by atoms with Crippen LogP contribution in [0.2, 0.25) is 0 Å². The van der Waals surface area contributed by atoms with Gasteiger partial charge in [-0.2, -0.15) is 0 Å². The second-order valence-electron chi connectivity index (χ2n) is 6.11. The van der Waals surface area contributed by atoms with Gasteiger partial charge in [0.25, 0.3) is 0 Å². The molecule has 2 amide bonds. The summed E-state index contributed by atoms with van der Waals surface area (Å²) in [5, 5.41) is 21.2. The highest BCUT2D eigenvalue weighted by Crippen LogP contribution is 2.20. The number of carbonyl (C=O) groups is 2. The van der Waals surface area contributed by atoms with Crippen molar-refractivity contribution in [1.82, 2.24) is 10.2 Å².